The number of nitrogens with zero attached hydrogens (tertiary/aromatic N) is 3. The molecule has 0 aliphatic rings. The van der Waals surface area contributed by atoms with Crippen LogP contribution in [0.4, 0.5) is 17.3 Å². The van der Waals surface area contributed by atoms with Gasteiger partial charge in [-0.1, -0.05) is 0 Å². The number of rotatable bonds is 7. The van der Waals surface area contributed by atoms with E-state index in [0.29, 0.717) is 24.7 Å². The molecule has 0 saturated carbocycles. The zero-order valence-electron chi connectivity index (χ0n) is 11.9. The minimum absolute atomic E-state index is 0.0218. The third kappa shape index (κ3) is 4.38. The summed E-state index contributed by atoms with van der Waals surface area (Å²) in [5.74, 6) is 0.993. The van der Waals surface area contributed by atoms with Crippen molar-refractivity contribution in [2.45, 2.75) is 20.3 Å². The van der Waals surface area contributed by atoms with Crippen molar-refractivity contribution in [3.05, 3.63) is 38.3 Å². The molecular weight excluding hydrogens is 290 g/mol. The number of pyridine rings is 1. The van der Waals surface area contributed by atoms with E-state index in [9.17, 15) is 10.1 Å². The molecule has 2 aromatic heterocycles. The Balaban J connectivity index is 2.02. The largest absolute Gasteiger partial charge is 0.370 e. The minimum atomic E-state index is -0.419. The maximum absolute atomic E-state index is 10.9. The Morgan fingerprint density at radius 1 is 1.29 bits per heavy atom. The van der Waals surface area contributed by atoms with Crippen LogP contribution in [0, 0.1) is 17.0 Å². The van der Waals surface area contributed by atoms with Gasteiger partial charge in [-0.2, -0.15) is 0 Å². The van der Waals surface area contributed by atoms with Crippen LogP contribution in [0.2, 0.25) is 0 Å². The average Bonchev–Trinajstić information content (AvgIpc) is 2.84. The third-order valence-corrected chi connectivity index (χ3v) is 3.72. The van der Waals surface area contributed by atoms with E-state index in [-0.39, 0.29) is 5.69 Å². The van der Waals surface area contributed by atoms with Crippen molar-refractivity contribution in [3.8, 4) is 0 Å². The SMILES string of the molecule is CCNc1cc([N+](=O)[O-])cc(NCCc2nc(C)cs2)n1. The number of nitro groups is 1. The monoisotopic (exact) mass is 307 g/mol. The summed E-state index contributed by atoms with van der Waals surface area (Å²) in [6.07, 6.45) is 0.763. The topological polar surface area (TPSA) is 93.0 Å². The molecule has 7 nitrogen and oxygen atoms in total. The lowest BCUT2D eigenvalue weighted by atomic mass is 10.3. The maximum atomic E-state index is 10.9. The van der Waals surface area contributed by atoms with Gasteiger partial charge in [-0.05, 0) is 13.8 Å². The molecule has 8 heteroatoms. The molecule has 0 atom stereocenters. The van der Waals surface area contributed by atoms with Crippen LogP contribution < -0.4 is 10.6 Å². The highest BCUT2D eigenvalue weighted by atomic mass is 32.1. The van der Waals surface area contributed by atoms with Gasteiger partial charge in [0.05, 0.1) is 22.1 Å². The molecular formula is C13H17N5O2S. The molecule has 0 unspecified atom stereocenters. The highest BCUT2D eigenvalue weighted by molar-refractivity contribution is 7.09. The van der Waals surface area contributed by atoms with Crippen molar-refractivity contribution in [1.82, 2.24) is 9.97 Å². The molecule has 21 heavy (non-hydrogen) atoms. The van der Waals surface area contributed by atoms with E-state index in [1.54, 1.807) is 11.3 Å². The molecule has 0 amide bonds. The van der Waals surface area contributed by atoms with Crippen LogP contribution in [0.3, 0.4) is 0 Å². The summed E-state index contributed by atoms with van der Waals surface area (Å²) in [7, 11) is 0. The van der Waals surface area contributed by atoms with Crippen molar-refractivity contribution in [3.63, 3.8) is 0 Å². The van der Waals surface area contributed by atoms with Crippen LogP contribution in [0.1, 0.15) is 17.6 Å². The summed E-state index contributed by atoms with van der Waals surface area (Å²) in [6, 6.07) is 2.87. The van der Waals surface area contributed by atoms with Gasteiger partial charge in [0.1, 0.15) is 11.6 Å². The number of hydrogen-bond donors (Lipinski definition) is 2. The van der Waals surface area contributed by atoms with Crippen LogP contribution >= 0.6 is 11.3 Å². The van der Waals surface area contributed by atoms with Crippen LogP contribution in [0.5, 0.6) is 0 Å². The van der Waals surface area contributed by atoms with E-state index < -0.39 is 4.92 Å². The minimum Gasteiger partial charge on any atom is -0.370 e. The van der Waals surface area contributed by atoms with Crippen LogP contribution in [-0.4, -0.2) is 28.0 Å². The van der Waals surface area contributed by atoms with Crippen LogP contribution in [0.25, 0.3) is 0 Å². The first kappa shape index (κ1) is 15.2. The first-order valence-electron chi connectivity index (χ1n) is 6.63. The number of hydrogen-bond acceptors (Lipinski definition) is 7. The Morgan fingerprint density at radius 2 is 2.00 bits per heavy atom. The second-order valence-corrected chi connectivity index (χ2v) is 5.39. The molecule has 0 aromatic carbocycles. The fourth-order valence-corrected chi connectivity index (χ4v) is 2.57. The molecule has 0 aliphatic carbocycles. The fourth-order valence-electron chi connectivity index (χ4n) is 1.80. The Bertz CT molecular complexity index is 629. The van der Waals surface area contributed by atoms with Gasteiger partial charge in [0, 0.05) is 30.6 Å². The van der Waals surface area contributed by atoms with Crippen molar-refractivity contribution in [1.29, 1.82) is 0 Å². The molecule has 2 N–H and O–H groups in total. The van der Waals surface area contributed by atoms with E-state index in [2.05, 4.69) is 20.6 Å². The lowest BCUT2D eigenvalue weighted by molar-refractivity contribution is -0.384. The Kier molecular flexibility index (Phi) is 5.04. The van der Waals surface area contributed by atoms with Gasteiger partial charge >= 0.3 is 0 Å². The summed E-state index contributed by atoms with van der Waals surface area (Å²) in [5, 5.41) is 20.1. The lowest BCUT2D eigenvalue weighted by Crippen LogP contribution is -2.08. The molecule has 0 spiro atoms. The van der Waals surface area contributed by atoms with Gasteiger partial charge in [-0.3, -0.25) is 10.1 Å². The molecule has 112 valence electrons. The standard InChI is InChI=1S/C13H17N5O2S/c1-3-14-11-6-10(18(19)20)7-12(17-11)15-5-4-13-16-9(2)8-21-13/h6-8H,3-5H2,1-2H3,(H2,14,15,17). The van der Waals surface area contributed by atoms with Gasteiger partial charge < -0.3 is 10.6 Å². The average molecular weight is 307 g/mol. The van der Waals surface area contributed by atoms with E-state index in [4.69, 9.17) is 0 Å². The van der Waals surface area contributed by atoms with Crippen LogP contribution in [0.15, 0.2) is 17.5 Å². The Morgan fingerprint density at radius 3 is 2.57 bits per heavy atom. The number of aryl methyl sites for hydroxylation is 1. The fraction of sp³-hybridized carbons (Fsp3) is 0.385. The summed E-state index contributed by atoms with van der Waals surface area (Å²) < 4.78 is 0. The lowest BCUT2D eigenvalue weighted by Gasteiger charge is -2.07. The second-order valence-electron chi connectivity index (χ2n) is 4.44. The normalized spacial score (nSPS) is 10.4. The molecule has 0 aliphatic heterocycles. The molecule has 2 aromatic rings. The summed E-state index contributed by atoms with van der Waals surface area (Å²) in [6.45, 7) is 5.16. The highest BCUT2D eigenvalue weighted by Crippen LogP contribution is 2.20. The second kappa shape index (κ2) is 6.98. The first-order valence-corrected chi connectivity index (χ1v) is 7.51. The van der Waals surface area contributed by atoms with Gasteiger partial charge in [-0.25, -0.2) is 9.97 Å². The van der Waals surface area contributed by atoms with Crippen molar-refractivity contribution >= 4 is 28.7 Å². The van der Waals surface area contributed by atoms with Gasteiger partial charge in [0.25, 0.3) is 5.69 Å². The van der Waals surface area contributed by atoms with E-state index in [0.717, 1.165) is 17.1 Å². The molecule has 2 heterocycles. The predicted molar refractivity (Wildman–Crippen MR) is 84.1 cm³/mol. The molecule has 0 fully saturated rings. The summed E-state index contributed by atoms with van der Waals surface area (Å²) in [4.78, 5) is 19.2. The smallest absolute Gasteiger partial charge is 0.276 e. The first-order chi connectivity index (χ1) is 10.1. The van der Waals surface area contributed by atoms with Gasteiger partial charge in [0.15, 0.2) is 0 Å². The van der Waals surface area contributed by atoms with E-state index >= 15 is 0 Å². The maximum Gasteiger partial charge on any atom is 0.276 e. The Hall–Kier alpha value is -2.22. The van der Waals surface area contributed by atoms with Gasteiger partial charge in [-0.15, -0.1) is 11.3 Å². The van der Waals surface area contributed by atoms with Gasteiger partial charge in [0.2, 0.25) is 0 Å². The quantitative estimate of drug-likeness (QED) is 0.603. The molecule has 0 radical (unpaired) electrons. The third-order valence-electron chi connectivity index (χ3n) is 2.69. The zero-order valence-corrected chi connectivity index (χ0v) is 12.7. The highest BCUT2D eigenvalue weighted by Gasteiger charge is 2.11. The Labute approximate surface area is 126 Å². The van der Waals surface area contributed by atoms with E-state index in [1.165, 1.54) is 12.1 Å². The summed E-state index contributed by atoms with van der Waals surface area (Å²) in [5.41, 5.74) is 1.03. The van der Waals surface area contributed by atoms with Crippen molar-refractivity contribution in [2.75, 3.05) is 23.7 Å². The number of thiazole rings is 1. The number of anilines is 2. The number of nitrogens with one attached hydrogen (secondary N) is 2. The molecule has 2 rings (SSSR count). The van der Waals surface area contributed by atoms with E-state index in [1.807, 2.05) is 19.2 Å². The predicted octanol–water partition coefficient (Wildman–Crippen LogP) is 2.84. The zero-order chi connectivity index (χ0) is 15.2. The number of aromatic nitrogens is 2. The molecule has 0 saturated heterocycles. The molecule has 0 bridgehead atoms. The summed E-state index contributed by atoms with van der Waals surface area (Å²) >= 11 is 1.61. The van der Waals surface area contributed by atoms with Crippen molar-refractivity contribution in [2.24, 2.45) is 0 Å². The van der Waals surface area contributed by atoms with Crippen molar-refractivity contribution < 1.29 is 4.92 Å². The van der Waals surface area contributed by atoms with Crippen LogP contribution in [-0.2, 0) is 6.42 Å².